The van der Waals surface area contributed by atoms with Crippen LogP contribution < -0.4 is 10.5 Å². The molecular formula is C14H11F2N3O. The zero-order chi connectivity index (χ0) is 14.3. The van der Waals surface area contributed by atoms with E-state index in [9.17, 15) is 8.78 Å². The molecule has 0 amide bonds. The second kappa shape index (κ2) is 4.48. The highest BCUT2D eigenvalue weighted by atomic mass is 19.2. The number of hydrogen-bond donors (Lipinski definition) is 1. The molecule has 0 aliphatic rings. The first kappa shape index (κ1) is 12.4. The van der Waals surface area contributed by atoms with Crippen LogP contribution in [0.15, 0.2) is 36.4 Å². The normalized spacial score (nSPS) is 10.9. The molecule has 0 fully saturated rings. The highest BCUT2D eigenvalue weighted by molar-refractivity contribution is 5.82. The first-order valence-electron chi connectivity index (χ1n) is 5.87. The zero-order valence-corrected chi connectivity index (χ0v) is 10.6. The number of benzene rings is 2. The molecule has 2 aromatic carbocycles. The fraction of sp³-hybridized carbons (Fsp3) is 0.0714. The van der Waals surface area contributed by atoms with E-state index in [1.165, 1.54) is 6.07 Å². The summed E-state index contributed by atoms with van der Waals surface area (Å²) in [7, 11) is 1.55. The third-order valence-electron chi connectivity index (χ3n) is 3.05. The van der Waals surface area contributed by atoms with Crippen LogP contribution in [0.3, 0.4) is 0 Å². The maximum Gasteiger partial charge on any atom is 0.205 e. The fourth-order valence-electron chi connectivity index (χ4n) is 2.10. The summed E-state index contributed by atoms with van der Waals surface area (Å²) in [6.45, 7) is 0. The highest BCUT2D eigenvalue weighted by Gasteiger charge is 2.12. The molecule has 20 heavy (non-hydrogen) atoms. The number of halogens is 2. The van der Waals surface area contributed by atoms with Crippen molar-refractivity contribution in [3.63, 3.8) is 0 Å². The van der Waals surface area contributed by atoms with E-state index in [2.05, 4.69) is 4.98 Å². The lowest BCUT2D eigenvalue weighted by atomic mass is 10.2. The minimum Gasteiger partial charge on any atom is -0.497 e. The minimum atomic E-state index is -0.933. The van der Waals surface area contributed by atoms with Gasteiger partial charge in [-0.1, -0.05) is 0 Å². The van der Waals surface area contributed by atoms with Crippen LogP contribution >= 0.6 is 0 Å². The lowest BCUT2D eigenvalue weighted by Gasteiger charge is -2.07. The summed E-state index contributed by atoms with van der Waals surface area (Å²) in [4.78, 5) is 4.19. The molecule has 1 aromatic heterocycles. The van der Waals surface area contributed by atoms with Crippen LogP contribution in [0.25, 0.3) is 16.7 Å². The van der Waals surface area contributed by atoms with E-state index in [0.29, 0.717) is 22.5 Å². The maximum atomic E-state index is 13.4. The molecule has 3 rings (SSSR count). The Morgan fingerprint density at radius 3 is 2.60 bits per heavy atom. The van der Waals surface area contributed by atoms with Crippen molar-refractivity contribution >= 4 is 17.0 Å². The van der Waals surface area contributed by atoms with E-state index in [1.807, 2.05) is 0 Å². The molecule has 0 saturated carbocycles. The van der Waals surface area contributed by atoms with Crippen LogP contribution in [0.2, 0.25) is 0 Å². The fourth-order valence-corrected chi connectivity index (χ4v) is 2.10. The second-order valence-corrected chi connectivity index (χ2v) is 4.26. The molecule has 2 N–H and O–H groups in total. The minimum absolute atomic E-state index is 0.194. The van der Waals surface area contributed by atoms with Crippen LogP contribution in [-0.4, -0.2) is 16.7 Å². The Labute approximate surface area is 113 Å². The van der Waals surface area contributed by atoms with Gasteiger partial charge >= 0.3 is 0 Å². The number of aromatic nitrogens is 2. The summed E-state index contributed by atoms with van der Waals surface area (Å²) in [6, 6.07) is 8.82. The maximum absolute atomic E-state index is 13.4. The zero-order valence-electron chi connectivity index (χ0n) is 10.6. The van der Waals surface area contributed by atoms with E-state index in [0.717, 1.165) is 12.1 Å². The highest BCUT2D eigenvalue weighted by Crippen LogP contribution is 2.26. The van der Waals surface area contributed by atoms with Crippen LogP contribution in [-0.2, 0) is 0 Å². The molecule has 3 aromatic rings. The van der Waals surface area contributed by atoms with Gasteiger partial charge in [-0.25, -0.2) is 13.8 Å². The monoisotopic (exact) mass is 275 g/mol. The number of anilines is 1. The van der Waals surface area contributed by atoms with Crippen LogP contribution in [0.1, 0.15) is 0 Å². The second-order valence-electron chi connectivity index (χ2n) is 4.26. The van der Waals surface area contributed by atoms with Crippen molar-refractivity contribution in [3.8, 4) is 11.4 Å². The van der Waals surface area contributed by atoms with Crippen LogP contribution in [0.5, 0.6) is 5.75 Å². The van der Waals surface area contributed by atoms with E-state index >= 15 is 0 Å². The molecule has 0 saturated heterocycles. The molecule has 0 unspecified atom stereocenters. The predicted octanol–water partition coefficient (Wildman–Crippen LogP) is 2.89. The van der Waals surface area contributed by atoms with Crippen molar-refractivity contribution < 1.29 is 13.5 Å². The van der Waals surface area contributed by atoms with Crippen molar-refractivity contribution in [2.75, 3.05) is 12.8 Å². The van der Waals surface area contributed by atoms with Gasteiger partial charge in [-0.05, 0) is 24.3 Å². The van der Waals surface area contributed by atoms with Gasteiger partial charge in [0, 0.05) is 12.1 Å². The van der Waals surface area contributed by atoms with Gasteiger partial charge < -0.3 is 10.5 Å². The Morgan fingerprint density at radius 2 is 1.90 bits per heavy atom. The number of ether oxygens (including phenoxy) is 1. The van der Waals surface area contributed by atoms with E-state index in [4.69, 9.17) is 10.5 Å². The van der Waals surface area contributed by atoms with Crippen molar-refractivity contribution in [2.24, 2.45) is 0 Å². The lowest BCUT2D eigenvalue weighted by molar-refractivity contribution is 0.415. The molecule has 0 atom stereocenters. The molecule has 4 nitrogen and oxygen atoms in total. The number of nitrogen functional groups attached to an aromatic ring is 1. The van der Waals surface area contributed by atoms with E-state index < -0.39 is 11.6 Å². The average molecular weight is 275 g/mol. The van der Waals surface area contributed by atoms with Gasteiger partial charge in [0.1, 0.15) is 5.75 Å². The third kappa shape index (κ3) is 1.85. The Morgan fingerprint density at radius 1 is 1.10 bits per heavy atom. The number of rotatable bonds is 2. The standard InChI is InChI=1S/C14H11F2N3O/c1-20-9-3-5-13-12(7-9)18-14(17)19(13)8-2-4-10(15)11(16)6-8/h2-7H,1H3,(H2,17,18). The van der Waals surface area contributed by atoms with Crippen LogP contribution in [0, 0.1) is 11.6 Å². The number of nitrogens with two attached hydrogens (primary N) is 1. The van der Waals surface area contributed by atoms with Gasteiger partial charge in [0.15, 0.2) is 11.6 Å². The smallest absolute Gasteiger partial charge is 0.205 e. The molecule has 0 aliphatic carbocycles. The molecule has 0 aliphatic heterocycles. The van der Waals surface area contributed by atoms with Gasteiger partial charge in [0.05, 0.1) is 23.8 Å². The van der Waals surface area contributed by atoms with Gasteiger partial charge in [0.25, 0.3) is 0 Å². The van der Waals surface area contributed by atoms with Gasteiger partial charge in [-0.15, -0.1) is 0 Å². The van der Waals surface area contributed by atoms with E-state index in [1.54, 1.807) is 29.9 Å². The molecule has 0 bridgehead atoms. The van der Waals surface area contributed by atoms with Gasteiger partial charge in [-0.2, -0.15) is 0 Å². The SMILES string of the molecule is COc1ccc2c(c1)nc(N)n2-c1ccc(F)c(F)c1. The quantitative estimate of drug-likeness (QED) is 0.782. The van der Waals surface area contributed by atoms with Crippen molar-refractivity contribution in [2.45, 2.75) is 0 Å². The van der Waals surface area contributed by atoms with Crippen molar-refractivity contribution in [1.82, 2.24) is 9.55 Å². The number of nitrogens with zero attached hydrogens (tertiary/aromatic N) is 2. The Kier molecular flexibility index (Phi) is 2.78. The van der Waals surface area contributed by atoms with Gasteiger partial charge in [-0.3, -0.25) is 4.57 Å². The largest absolute Gasteiger partial charge is 0.497 e. The first-order chi connectivity index (χ1) is 9.60. The molecule has 0 spiro atoms. The molecule has 6 heteroatoms. The topological polar surface area (TPSA) is 53.1 Å². The molecule has 102 valence electrons. The van der Waals surface area contributed by atoms with Crippen molar-refractivity contribution in [1.29, 1.82) is 0 Å². The molecule has 1 heterocycles. The summed E-state index contributed by atoms with van der Waals surface area (Å²) in [5.41, 5.74) is 7.58. The number of fused-ring (bicyclic) bond motifs is 1. The summed E-state index contributed by atoms with van der Waals surface area (Å²) >= 11 is 0. The third-order valence-corrected chi connectivity index (χ3v) is 3.05. The average Bonchev–Trinajstić information content (AvgIpc) is 2.76. The summed E-state index contributed by atoms with van der Waals surface area (Å²) < 4.78 is 33.0. The predicted molar refractivity (Wildman–Crippen MR) is 72.0 cm³/mol. The number of methoxy groups -OCH3 is 1. The Bertz CT molecular complexity index is 798. The Hall–Kier alpha value is -2.63. The summed E-state index contributed by atoms with van der Waals surface area (Å²) in [5, 5.41) is 0. The van der Waals surface area contributed by atoms with Crippen molar-refractivity contribution in [3.05, 3.63) is 48.0 Å². The summed E-state index contributed by atoms with van der Waals surface area (Å²) in [5.74, 6) is -0.998. The molecular weight excluding hydrogens is 264 g/mol. The lowest BCUT2D eigenvalue weighted by Crippen LogP contribution is -2.01. The molecule has 0 radical (unpaired) electrons. The van der Waals surface area contributed by atoms with Gasteiger partial charge in [0.2, 0.25) is 5.95 Å². The Balaban J connectivity index is 2.24. The summed E-state index contributed by atoms with van der Waals surface area (Å²) in [6.07, 6.45) is 0. The first-order valence-corrected chi connectivity index (χ1v) is 5.87. The number of hydrogen-bond acceptors (Lipinski definition) is 3. The number of imidazole rings is 1. The van der Waals surface area contributed by atoms with E-state index in [-0.39, 0.29) is 5.95 Å². The van der Waals surface area contributed by atoms with Crippen LogP contribution in [0.4, 0.5) is 14.7 Å².